The summed E-state index contributed by atoms with van der Waals surface area (Å²) in [5, 5.41) is 20.9. The zero-order valence-corrected chi connectivity index (χ0v) is 20.6. The number of nitriles is 1. The third-order valence-electron chi connectivity index (χ3n) is 7.50. The van der Waals surface area contributed by atoms with Crippen LogP contribution in [0.2, 0.25) is 0 Å². The Morgan fingerprint density at radius 3 is 2.69 bits per heavy atom. The van der Waals surface area contributed by atoms with Crippen molar-refractivity contribution in [3.05, 3.63) is 54.1 Å². The summed E-state index contributed by atoms with van der Waals surface area (Å²) in [7, 11) is -3.82. The van der Waals surface area contributed by atoms with E-state index in [1.54, 1.807) is 36.5 Å². The highest BCUT2D eigenvalue weighted by Crippen LogP contribution is 2.45. The van der Waals surface area contributed by atoms with E-state index in [1.165, 1.54) is 10.2 Å². The second-order valence-corrected chi connectivity index (χ2v) is 11.7. The van der Waals surface area contributed by atoms with E-state index in [-0.39, 0.29) is 22.6 Å². The lowest BCUT2D eigenvalue weighted by Gasteiger charge is -2.13. The molecule has 0 radical (unpaired) electrons. The summed E-state index contributed by atoms with van der Waals surface area (Å²) in [6.07, 6.45) is 6.98. The van der Waals surface area contributed by atoms with Crippen molar-refractivity contribution in [3.8, 4) is 6.07 Å². The zero-order chi connectivity index (χ0) is 25.1. The van der Waals surface area contributed by atoms with Crippen molar-refractivity contribution in [2.45, 2.75) is 49.8 Å². The Morgan fingerprint density at radius 2 is 1.97 bits per heavy atom. The number of benzene rings is 1. The topological polar surface area (TPSA) is 135 Å². The molecule has 0 aliphatic heterocycles. The smallest absolute Gasteiger partial charge is 0.269 e. The summed E-state index contributed by atoms with van der Waals surface area (Å²) >= 11 is 0. The van der Waals surface area contributed by atoms with Gasteiger partial charge in [0.05, 0.1) is 22.7 Å². The van der Waals surface area contributed by atoms with Crippen molar-refractivity contribution < 1.29 is 13.2 Å². The number of fused-ring (bicyclic) bond motifs is 3. The third kappa shape index (κ3) is 3.55. The fourth-order valence-electron chi connectivity index (χ4n) is 5.15. The molecule has 0 bridgehead atoms. The zero-order valence-electron chi connectivity index (χ0n) is 19.8. The van der Waals surface area contributed by atoms with Crippen LogP contribution in [0.15, 0.2) is 47.6 Å². The Balaban J connectivity index is 1.28. The molecule has 10 nitrogen and oxygen atoms in total. The quantitative estimate of drug-likeness (QED) is 0.427. The molecule has 3 aromatic heterocycles. The van der Waals surface area contributed by atoms with Crippen LogP contribution in [0.1, 0.15) is 49.4 Å². The first-order chi connectivity index (χ1) is 17.3. The summed E-state index contributed by atoms with van der Waals surface area (Å²) in [5.41, 5.74) is 1.67. The molecule has 2 aliphatic rings. The largest absolute Gasteiger partial charge is 0.354 e. The summed E-state index contributed by atoms with van der Waals surface area (Å²) in [6.45, 7) is 2.45. The molecule has 2 aliphatic carbocycles. The highest BCUT2D eigenvalue weighted by molar-refractivity contribution is 7.90. The van der Waals surface area contributed by atoms with E-state index < -0.39 is 15.4 Å². The van der Waals surface area contributed by atoms with Gasteiger partial charge in [0.1, 0.15) is 11.2 Å². The molecule has 1 N–H and O–H groups in total. The molecule has 184 valence electrons. The van der Waals surface area contributed by atoms with Crippen molar-refractivity contribution in [2.75, 3.05) is 6.54 Å². The highest BCUT2D eigenvalue weighted by Gasteiger charge is 2.50. The lowest BCUT2D eigenvalue weighted by molar-refractivity contribution is -0.124. The van der Waals surface area contributed by atoms with Gasteiger partial charge in [0.25, 0.3) is 10.0 Å². The van der Waals surface area contributed by atoms with Gasteiger partial charge in [-0.25, -0.2) is 17.4 Å². The minimum atomic E-state index is -3.82. The Labute approximate surface area is 208 Å². The van der Waals surface area contributed by atoms with Crippen molar-refractivity contribution in [2.24, 2.45) is 11.3 Å². The predicted octanol–water partition coefficient (Wildman–Crippen LogP) is 2.93. The second kappa shape index (κ2) is 8.13. The van der Waals surface area contributed by atoms with Crippen LogP contribution in [0.4, 0.5) is 0 Å². The van der Waals surface area contributed by atoms with Gasteiger partial charge in [-0.05, 0) is 63.1 Å². The van der Waals surface area contributed by atoms with Crippen molar-refractivity contribution in [1.29, 1.82) is 5.26 Å². The van der Waals surface area contributed by atoms with E-state index in [2.05, 4.69) is 26.6 Å². The molecule has 2 atom stereocenters. The van der Waals surface area contributed by atoms with Gasteiger partial charge < -0.3 is 5.32 Å². The highest BCUT2D eigenvalue weighted by atomic mass is 32.2. The van der Waals surface area contributed by atoms with Gasteiger partial charge in [0, 0.05) is 18.7 Å². The molecule has 36 heavy (non-hydrogen) atoms. The molecule has 0 saturated heterocycles. The van der Waals surface area contributed by atoms with E-state index in [9.17, 15) is 18.5 Å². The molecular formula is C25H25N7O3S. The van der Waals surface area contributed by atoms with E-state index in [1.807, 2.05) is 11.3 Å². The van der Waals surface area contributed by atoms with Crippen LogP contribution in [-0.2, 0) is 14.8 Å². The van der Waals surface area contributed by atoms with E-state index in [0.29, 0.717) is 36.2 Å². The SMILES string of the molecule is Cc1ccc(S(=O)(=O)n2ccc3c2ncc2nnc([C@@H]4CC[C@H](CNC(=O)C5(C#N)CC5)C4)n23)cc1. The Bertz CT molecular complexity index is 1640. The van der Waals surface area contributed by atoms with E-state index in [0.717, 1.165) is 30.7 Å². The van der Waals surface area contributed by atoms with Gasteiger partial charge >= 0.3 is 0 Å². The minimum Gasteiger partial charge on any atom is -0.354 e. The van der Waals surface area contributed by atoms with E-state index in [4.69, 9.17) is 0 Å². The van der Waals surface area contributed by atoms with Crippen molar-refractivity contribution >= 4 is 32.7 Å². The summed E-state index contributed by atoms with van der Waals surface area (Å²) in [6, 6.07) is 10.6. The number of hydrogen-bond donors (Lipinski definition) is 1. The first kappa shape index (κ1) is 22.7. The molecule has 2 fully saturated rings. The van der Waals surface area contributed by atoms with Crippen LogP contribution in [-0.4, -0.2) is 44.4 Å². The Kier molecular flexibility index (Phi) is 5.12. The van der Waals surface area contributed by atoms with Crippen LogP contribution in [0.3, 0.4) is 0 Å². The first-order valence-corrected chi connectivity index (χ1v) is 13.5. The summed E-state index contributed by atoms with van der Waals surface area (Å²) in [5.74, 6) is 1.01. The van der Waals surface area contributed by atoms with Gasteiger partial charge in [0.2, 0.25) is 5.91 Å². The van der Waals surface area contributed by atoms with Crippen LogP contribution < -0.4 is 5.32 Å². The molecule has 1 amide bonds. The Hall–Kier alpha value is -3.78. The van der Waals surface area contributed by atoms with Crippen LogP contribution in [0.25, 0.3) is 16.8 Å². The molecular weight excluding hydrogens is 478 g/mol. The standard InChI is InChI=1S/C25H25N7O3S/c1-16-2-6-19(7-3-16)36(34,35)31-11-8-20-23(31)27-14-21-29-30-22(32(20)21)18-5-4-17(12-18)13-28-24(33)25(15-26)9-10-25/h2-3,6-8,11,14,17-18H,4-5,9-10,12-13H2,1H3,(H,28,33)/t17-,18+/m0/s1. The predicted molar refractivity (Wildman–Crippen MR) is 130 cm³/mol. The Morgan fingerprint density at radius 1 is 1.19 bits per heavy atom. The molecule has 11 heteroatoms. The normalized spacial score (nSPS) is 21.0. The lowest BCUT2D eigenvalue weighted by Crippen LogP contribution is -2.34. The molecule has 0 spiro atoms. The number of carbonyl (C=O) groups excluding carboxylic acids is 1. The van der Waals surface area contributed by atoms with Gasteiger partial charge in [0.15, 0.2) is 11.3 Å². The molecule has 1 aromatic carbocycles. The number of amides is 1. The van der Waals surface area contributed by atoms with Crippen molar-refractivity contribution in [1.82, 2.24) is 28.9 Å². The maximum Gasteiger partial charge on any atom is 0.269 e. The number of rotatable bonds is 6. The third-order valence-corrected chi connectivity index (χ3v) is 9.18. The number of carbonyl (C=O) groups is 1. The number of nitrogens with zero attached hydrogens (tertiary/aromatic N) is 6. The van der Waals surface area contributed by atoms with Gasteiger partial charge in [-0.15, -0.1) is 10.2 Å². The summed E-state index contributed by atoms with van der Waals surface area (Å²) < 4.78 is 29.8. The molecule has 2 saturated carbocycles. The molecule has 6 rings (SSSR count). The average molecular weight is 504 g/mol. The number of aryl methyl sites for hydroxylation is 1. The van der Waals surface area contributed by atoms with Gasteiger partial charge in [-0.2, -0.15) is 5.26 Å². The monoisotopic (exact) mass is 503 g/mol. The maximum atomic E-state index is 13.3. The minimum absolute atomic E-state index is 0.121. The molecule has 0 unspecified atom stereocenters. The number of aromatic nitrogens is 5. The van der Waals surface area contributed by atoms with Crippen molar-refractivity contribution in [3.63, 3.8) is 0 Å². The molecule has 3 heterocycles. The number of nitrogens with one attached hydrogen (secondary N) is 1. The van der Waals surface area contributed by atoms with Crippen LogP contribution in [0.5, 0.6) is 0 Å². The first-order valence-electron chi connectivity index (χ1n) is 12.1. The van der Waals surface area contributed by atoms with Gasteiger partial charge in [-0.1, -0.05) is 17.7 Å². The second-order valence-electron chi connectivity index (χ2n) is 9.93. The van der Waals surface area contributed by atoms with E-state index >= 15 is 0 Å². The fraction of sp³-hybridized carbons (Fsp3) is 0.400. The summed E-state index contributed by atoms with van der Waals surface area (Å²) in [4.78, 5) is 16.9. The number of hydrogen-bond acceptors (Lipinski definition) is 7. The van der Waals surface area contributed by atoms with Crippen LogP contribution in [0, 0.1) is 29.6 Å². The lowest BCUT2D eigenvalue weighted by atomic mass is 10.0. The van der Waals surface area contributed by atoms with Gasteiger partial charge in [-0.3, -0.25) is 9.20 Å². The fourth-order valence-corrected chi connectivity index (χ4v) is 6.45. The average Bonchev–Trinajstić information content (AvgIpc) is 3.20. The molecule has 4 aromatic rings. The maximum absolute atomic E-state index is 13.3. The van der Waals surface area contributed by atoms with Crippen LogP contribution >= 0.6 is 0 Å².